The molecule has 22 heavy (non-hydrogen) atoms. The van der Waals surface area contributed by atoms with Gasteiger partial charge < -0.3 is 14.8 Å². The molecule has 2 fully saturated rings. The van der Waals surface area contributed by atoms with E-state index in [1.807, 2.05) is 5.38 Å². The van der Waals surface area contributed by atoms with Gasteiger partial charge in [0.15, 0.2) is 5.13 Å². The first-order valence-electron chi connectivity index (χ1n) is 7.94. The number of carbonyl (C=O) groups is 1. The van der Waals surface area contributed by atoms with E-state index >= 15 is 0 Å². The van der Waals surface area contributed by atoms with Gasteiger partial charge in [0.2, 0.25) is 5.91 Å². The van der Waals surface area contributed by atoms with Crippen LogP contribution in [0.5, 0.6) is 0 Å². The minimum Gasteiger partial charge on any atom is -0.376 e. The van der Waals surface area contributed by atoms with Crippen molar-refractivity contribution >= 4 is 22.4 Å². The summed E-state index contributed by atoms with van der Waals surface area (Å²) in [5.41, 5.74) is 0. The number of nitrogens with zero attached hydrogens (tertiary/aromatic N) is 2. The van der Waals surface area contributed by atoms with Gasteiger partial charge in [-0.05, 0) is 25.7 Å². The van der Waals surface area contributed by atoms with Gasteiger partial charge in [0, 0.05) is 31.3 Å². The number of ether oxygens (including phenoxy) is 2. The Morgan fingerprint density at radius 1 is 1.45 bits per heavy atom. The third-order valence-corrected chi connectivity index (χ3v) is 4.81. The van der Waals surface area contributed by atoms with Gasteiger partial charge in [-0.25, -0.2) is 4.98 Å². The molecule has 1 amide bonds. The van der Waals surface area contributed by atoms with Gasteiger partial charge in [-0.1, -0.05) is 0 Å². The number of hydrogen-bond acceptors (Lipinski definition) is 6. The van der Waals surface area contributed by atoms with E-state index in [0.717, 1.165) is 52.0 Å². The molecule has 6 nitrogen and oxygen atoms in total. The molecule has 7 heteroatoms. The molecule has 2 aliphatic heterocycles. The summed E-state index contributed by atoms with van der Waals surface area (Å²) in [4.78, 5) is 18.2. The molecule has 0 bridgehead atoms. The highest BCUT2D eigenvalue weighted by atomic mass is 32.1. The Morgan fingerprint density at radius 2 is 2.32 bits per heavy atom. The molecular weight excluding hydrogens is 302 g/mol. The molecule has 3 heterocycles. The molecule has 3 rings (SSSR count). The topological polar surface area (TPSA) is 63.7 Å². The second-order valence-corrected chi connectivity index (χ2v) is 6.72. The quantitative estimate of drug-likeness (QED) is 0.863. The number of carbonyl (C=O) groups excluding carboxylic acids is 1. The van der Waals surface area contributed by atoms with Crippen LogP contribution in [0.15, 0.2) is 11.6 Å². The lowest BCUT2D eigenvalue weighted by Gasteiger charge is -2.31. The highest BCUT2D eigenvalue weighted by Crippen LogP contribution is 2.18. The normalized spacial score (nSPS) is 23.7. The number of aromatic nitrogens is 1. The Morgan fingerprint density at radius 3 is 3.00 bits per heavy atom. The highest BCUT2D eigenvalue weighted by Gasteiger charge is 2.23. The van der Waals surface area contributed by atoms with Crippen LogP contribution in [0.2, 0.25) is 0 Å². The van der Waals surface area contributed by atoms with Gasteiger partial charge in [0.25, 0.3) is 0 Å². The maximum atomic E-state index is 11.9. The lowest BCUT2D eigenvalue weighted by Crippen LogP contribution is -2.41. The third kappa shape index (κ3) is 4.74. The molecular formula is C15H23N3O3S. The SMILES string of the molecule is O=C(CN1CCC(OCC2CCCO2)CC1)Nc1nccs1. The molecule has 2 saturated heterocycles. The maximum absolute atomic E-state index is 11.9. The summed E-state index contributed by atoms with van der Waals surface area (Å²) in [5, 5.41) is 5.34. The van der Waals surface area contributed by atoms with Gasteiger partial charge in [-0.2, -0.15) is 0 Å². The van der Waals surface area contributed by atoms with E-state index in [4.69, 9.17) is 9.47 Å². The fourth-order valence-electron chi connectivity index (χ4n) is 2.90. The summed E-state index contributed by atoms with van der Waals surface area (Å²) in [7, 11) is 0. The van der Waals surface area contributed by atoms with E-state index < -0.39 is 0 Å². The number of nitrogens with one attached hydrogen (secondary N) is 1. The van der Waals surface area contributed by atoms with Crippen LogP contribution in [0.4, 0.5) is 5.13 Å². The molecule has 0 aliphatic carbocycles. The van der Waals surface area contributed by atoms with Crippen molar-refractivity contribution in [3.63, 3.8) is 0 Å². The van der Waals surface area contributed by atoms with Crippen molar-refractivity contribution in [2.24, 2.45) is 0 Å². The van der Waals surface area contributed by atoms with Crippen molar-refractivity contribution in [3.8, 4) is 0 Å². The number of rotatable bonds is 6. The molecule has 2 aliphatic rings. The van der Waals surface area contributed by atoms with Gasteiger partial charge in [-0.3, -0.25) is 9.69 Å². The number of piperidine rings is 1. The summed E-state index contributed by atoms with van der Waals surface area (Å²) < 4.78 is 11.5. The minimum atomic E-state index is 0.00803. The van der Waals surface area contributed by atoms with E-state index in [2.05, 4.69) is 15.2 Å². The lowest BCUT2D eigenvalue weighted by molar-refractivity contribution is -0.118. The van der Waals surface area contributed by atoms with Crippen LogP contribution in [0.3, 0.4) is 0 Å². The Kier molecular flexibility index (Phi) is 5.77. The van der Waals surface area contributed by atoms with Crippen LogP contribution in [-0.2, 0) is 14.3 Å². The zero-order valence-corrected chi connectivity index (χ0v) is 13.5. The second kappa shape index (κ2) is 8.01. The van der Waals surface area contributed by atoms with E-state index in [9.17, 15) is 4.79 Å². The van der Waals surface area contributed by atoms with Crippen LogP contribution in [0.1, 0.15) is 25.7 Å². The van der Waals surface area contributed by atoms with Gasteiger partial charge in [0.1, 0.15) is 0 Å². The largest absolute Gasteiger partial charge is 0.376 e. The minimum absolute atomic E-state index is 0.00803. The van der Waals surface area contributed by atoms with Crippen LogP contribution >= 0.6 is 11.3 Å². The monoisotopic (exact) mass is 325 g/mol. The summed E-state index contributed by atoms with van der Waals surface area (Å²) in [6, 6.07) is 0. The van der Waals surface area contributed by atoms with Crippen LogP contribution in [-0.4, -0.2) is 60.8 Å². The van der Waals surface area contributed by atoms with Gasteiger partial charge in [-0.15, -0.1) is 11.3 Å². The maximum Gasteiger partial charge on any atom is 0.240 e. The molecule has 0 spiro atoms. The number of thiazole rings is 1. The van der Waals surface area contributed by atoms with Crippen LogP contribution < -0.4 is 5.32 Å². The number of anilines is 1. The van der Waals surface area contributed by atoms with E-state index in [1.54, 1.807) is 6.20 Å². The first-order valence-corrected chi connectivity index (χ1v) is 8.82. The first-order chi connectivity index (χ1) is 10.8. The van der Waals surface area contributed by atoms with Crippen LogP contribution in [0, 0.1) is 0 Å². The van der Waals surface area contributed by atoms with E-state index in [0.29, 0.717) is 23.9 Å². The smallest absolute Gasteiger partial charge is 0.240 e. The molecule has 0 radical (unpaired) electrons. The first kappa shape index (κ1) is 15.9. The van der Waals surface area contributed by atoms with Crippen LogP contribution in [0.25, 0.3) is 0 Å². The number of amides is 1. The van der Waals surface area contributed by atoms with Crippen molar-refractivity contribution in [2.75, 3.05) is 38.2 Å². The van der Waals surface area contributed by atoms with E-state index in [-0.39, 0.29) is 5.91 Å². The zero-order chi connectivity index (χ0) is 15.2. The van der Waals surface area contributed by atoms with Gasteiger partial charge >= 0.3 is 0 Å². The predicted molar refractivity (Wildman–Crippen MR) is 85.1 cm³/mol. The molecule has 1 unspecified atom stereocenters. The third-order valence-electron chi connectivity index (χ3n) is 4.12. The average Bonchev–Trinajstić information content (AvgIpc) is 3.20. The van der Waals surface area contributed by atoms with E-state index in [1.165, 1.54) is 11.3 Å². The highest BCUT2D eigenvalue weighted by molar-refractivity contribution is 7.13. The molecule has 1 aromatic rings. The van der Waals surface area contributed by atoms with Crippen molar-refractivity contribution in [1.29, 1.82) is 0 Å². The Bertz CT molecular complexity index is 455. The van der Waals surface area contributed by atoms with Crippen molar-refractivity contribution < 1.29 is 14.3 Å². The zero-order valence-electron chi connectivity index (χ0n) is 12.7. The molecule has 1 aromatic heterocycles. The lowest BCUT2D eigenvalue weighted by atomic mass is 10.1. The number of likely N-dealkylation sites (tertiary alicyclic amines) is 1. The molecule has 0 saturated carbocycles. The molecule has 0 aromatic carbocycles. The van der Waals surface area contributed by atoms with Crippen molar-refractivity contribution in [1.82, 2.24) is 9.88 Å². The predicted octanol–water partition coefficient (Wildman–Crippen LogP) is 1.74. The fourth-order valence-corrected chi connectivity index (χ4v) is 3.45. The summed E-state index contributed by atoms with van der Waals surface area (Å²) in [6.07, 6.45) is 6.53. The Labute approximate surface area is 134 Å². The van der Waals surface area contributed by atoms with Crippen molar-refractivity contribution in [3.05, 3.63) is 11.6 Å². The Balaban J connectivity index is 1.32. The summed E-state index contributed by atoms with van der Waals surface area (Å²) in [6.45, 7) is 3.83. The van der Waals surface area contributed by atoms with Crippen molar-refractivity contribution in [2.45, 2.75) is 37.9 Å². The molecule has 1 atom stereocenters. The summed E-state index contributed by atoms with van der Waals surface area (Å²) in [5.74, 6) is 0.00803. The molecule has 1 N–H and O–H groups in total. The average molecular weight is 325 g/mol. The number of hydrogen-bond donors (Lipinski definition) is 1. The standard InChI is InChI=1S/C15H23N3O3S/c19-14(17-15-16-5-9-22-15)10-18-6-3-12(4-7-18)21-11-13-2-1-8-20-13/h5,9,12-13H,1-4,6-8,10-11H2,(H,16,17,19). The second-order valence-electron chi connectivity index (χ2n) is 5.83. The fraction of sp³-hybridized carbons (Fsp3) is 0.733. The van der Waals surface area contributed by atoms with Gasteiger partial charge in [0.05, 0.1) is 25.4 Å². The summed E-state index contributed by atoms with van der Waals surface area (Å²) >= 11 is 1.44. The Hall–Kier alpha value is -1.02. The molecule has 122 valence electrons.